The molecule has 0 fully saturated rings. The van der Waals surface area contributed by atoms with Gasteiger partial charge in [-0.1, -0.05) is 6.07 Å². The van der Waals surface area contributed by atoms with Gasteiger partial charge in [-0.3, -0.25) is 19.7 Å². The van der Waals surface area contributed by atoms with Crippen molar-refractivity contribution in [3.8, 4) is 5.75 Å². The summed E-state index contributed by atoms with van der Waals surface area (Å²) in [5, 5.41) is 21.4. The zero-order valence-electron chi connectivity index (χ0n) is 10.6. The highest BCUT2D eigenvalue weighted by atomic mass is 16.6. The molecule has 0 aliphatic rings. The van der Waals surface area contributed by atoms with E-state index in [1.807, 2.05) is 0 Å². The third-order valence-electron chi connectivity index (χ3n) is 2.29. The number of aliphatic carboxylic acids is 1. The number of carbonyl (C=O) groups excluding carboxylic acids is 1. The summed E-state index contributed by atoms with van der Waals surface area (Å²) in [6.45, 7) is -0.0440. The SMILES string of the molecule is O=C(O)CCCNC(=O)COc1cccc([N+](=O)[O-])c1. The van der Waals surface area contributed by atoms with Gasteiger partial charge in [0.15, 0.2) is 6.61 Å². The molecule has 1 rings (SSSR count). The van der Waals surface area contributed by atoms with Gasteiger partial charge in [-0.05, 0) is 12.5 Å². The van der Waals surface area contributed by atoms with E-state index >= 15 is 0 Å². The fourth-order valence-electron chi connectivity index (χ4n) is 1.35. The van der Waals surface area contributed by atoms with E-state index in [1.54, 1.807) is 0 Å². The molecule has 0 spiro atoms. The lowest BCUT2D eigenvalue weighted by atomic mass is 10.3. The fraction of sp³-hybridized carbons (Fsp3) is 0.333. The van der Waals surface area contributed by atoms with E-state index in [0.29, 0.717) is 6.42 Å². The van der Waals surface area contributed by atoms with Crippen molar-refractivity contribution in [1.82, 2.24) is 5.32 Å². The average Bonchev–Trinajstić information content (AvgIpc) is 2.41. The Morgan fingerprint density at radius 1 is 1.40 bits per heavy atom. The number of nitro groups is 1. The molecular formula is C12H14N2O6. The van der Waals surface area contributed by atoms with Gasteiger partial charge in [0.1, 0.15) is 5.75 Å². The number of carboxylic acids is 1. The number of non-ortho nitro benzene ring substituents is 1. The van der Waals surface area contributed by atoms with Crippen molar-refractivity contribution in [3.05, 3.63) is 34.4 Å². The third-order valence-corrected chi connectivity index (χ3v) is 2.29. The summed E-state index contributed by atoms with van der Waals surface area (Å²) in [7, 11) is 0. The van der Waals surface area contributed by atoms with Crippen LogP contribution < -0.4 is 10.1 Å². The molecule has 20 heavy (non-hydrogen) atoms. The van der Waals surface area contributed by atoms with Crippen LogP contribution in [0, 0.1) is 10.1 Å². The number of carboxylic acid groups (broad SMARTS) is 1. The molecular weight excluding hydrogens is 268 g/mol. The van der Waals surface area contributed by atoms with Crippen molar-refractivity contribution in [2.75, 3.05) is 13.2 Å². The highest BCUT2D eigenvalue weighted by molar-refractivity contribution is 5.77. The molecule has 8 heteroatoms. The number of carbonyl (C=O) groups is 2. The zero-order valence-corrected chi connectivity index (χ0v) is 10.6. The van der Waals surface area contributed by atoms with Crippen molar-refractivity contribution >= 4 is 17.6 Å². The second-order valence-corrected chi connectivity index (χ2v) is 3.89. The maximum atomic E-state index is 11.4. The molecule has 8 nitrogen and oxygen atoms in total. The number of nitrogens with one attached hydrogen (secondary N) is 1. The van der Waals surface area contributed by atoms with Crippen LogP contribution in [0.15, 0.2) is 24.3 Å². The van der Waals surface area contributed by atoms with Crippen LogP contribution in [-0.2, 0) is 9.59 Å². The first-order valence-corrected chi connectivity index (χ1v) is 5.85. The maximum absolute atomic E-state index is 11.4. The van der Waals surface area contributed by atoms with Crippen LogP contribution in [0.3, 0.4) is 0 Å². The molecule has 0 aromatic heterocycles. The molecule has 1 aromatic carbocycles. The highest BCUT2D eigenvalue weighted by Crippen LogP contribution is 2.18. The standard InChI is InChI=1S/C12H14N2O6/c15-11(13-6-2-5-12(16)17)8-20-10-4-1-3-9(7-10)14(18)19/h1,3-4,7H,2,5-6,8H2,(H,13,15)(H,16,17). The van der Waals surface area contributed by atoms with Crippen molar-refractivity contribution < 1.29 is 24.4 Å². The molecule has 1 amide bonds. The predicted octanol–water partition coefficient (Wildman–Crippen LogP) is 0.955. The number of nitrogens with zero attached hydrogens (tertiary/aromatic N) is 1. The van der Waals surface area contributed by atoms with Crippen molar-refractivity contribution in [1.29, 1.82) is 0 Å². The minimum atomic E-state index is -0.924. The van der Waals surface area contributed by atoms with Gasteiger partial charge in [-0.15, -0.1) is 0 Å². The summed E-state index contributed by atoms with van der Waals surface area (Å²) in [6, 6.07) is 5.50. The summed E-state index contributed by atoms with van der Waals surface area (Å²) in [5.74, 6) is -1.12. The Morgan fingerprint density at radius 3 is 2.80 bits per heavy atom. The third kappa shape index (κ3) is 5.80. The molecule has 0 saturated carbocycles. The summed E-state index contributed by atoms with van der Waals surface area (Å²) < 4.78 is 5.10. The van der Waals surface area contributed by atoms with Crippen molar-refractivity contribution in [2.45, 2.75) is 12.8 Å². The maximum Gasteiger partial charge on any atom is 0.303 e. The summed E-state index contributed by atoms with van der Waals surface area (Å²) in [6.07, 6.45) is 0.309. The smallest absolute Gasteiger partial charge is 0.303 e. The lowest BCUT2D eigenvalue weighted by Crippen LogP contribution is -2.29. The van der Waals surface area contributed by atoms with E-state index in [4.69, 9.17) is 9.84 Å². The zero-order chi connectivity index (χ0) is 15.0. The molecule has 1 aromatic rings. The van der Waals surface area contributed by atoms with Gasteiger partial charge in [0.25, 0.3) is 11.6 Å². The Balaban J connectivity index is 2.32. The summed E-state index contributed by atoms with van der Waals surface area (Å²) in [5.41, 5.74) is -0.121. The van der Waals surface area contributed by atoms with Gasteiger partial charge < -0.3 is 15.2 Å². The number of nitro benzene ring substituents is 1. The normalized spacial score (nSPS) is 9.80. The van der Waals surface area contributed by atoms with Crippen LogP contribution in [0.25, 0.3) is 0 Å². The molecule has 0 unspecified atom stereocenters. The van der Waals surface area contributed by atoms with Crippen LogP contribution in [0.5, 0.6) is 5.75 Å². The molecule has 0 saturated heterocycles. The summed E-state index contributed by atoms with van der Waals surface area (Å²) >= 11 is 0. The van der Waals surface area contributed by atoms with Crippen LogP contribution >= 0.6 is 0 Å². The fourth-order valence-corrected chi connectivity index (χ4v) is 1.35. The van der Waals surface area contributed by atoms with E-state index in [1.165, 1.54) is 24.3 Å². The Hall–Kier alpha value is -2.64. The first-order valence-electron chi connectivity index (χ1n) is 5.85. The van der Waals surface area contributed by atoms with Crippen molar-refractivity contribution in [2.24, 2.45) is 0 Å². The lowest BCUT2D eigenvalue weighted by molar-refractivity contribution is -0.384. The van der Waals surface area contributed by atoms with Gasteiger partial charge in [0, 0.05) is 19.0 Å². The topological polar surface area (TPSA) is 119 Å². The van der Waals surface area contributed by atoms with E-state index in [9.17, 15) is 19.7 Å². The van der Waals surface area contributed by atoms with Crippen molar-refractivity contribution in [3.63, 3.8) is 0 Å². The number of hydrogen-bond donors (Lipinski definition) is 2. The molecule has 108 valence electrons. The molecule has 0 atom stereocenters. The Labute approximate surface area is 114 Å². The first-order chi connectivity index (χ1) is 9.49. The van der Waals surface area contributed by atoms with E-state index in [2.05, 4.69) is 5.32 Å². The van der Waals surface area contributed by atoms with Gasteiger partial charge in [-0.2, -0.15) is 0 Å². The molecule has 2 N–H and O–H groups in total. The molecule has 0 radical (unpaired) electrons. The number of amides is 1. The van der Waals surface area contributed by atoms with Gasteiger partial charge in [-0.25, -0.2) is 0 Å². The van der Waals surface area contributed by atoms with Crippen LogP contribution in [0.2, 0.25) is 0 Å². The number of hydrogen-bond acceptors (Lipinski definition) is 5. The minimum Gasteiger partial charge on any atom is -0.484 e. The highest BCUT2D eigenvalue weighted by Gasteiger charge is 2.08. The molecule has 0 aliphatic carbocycles. The Morgan fingerprint density at radius 2 is 2.15 bits per heavy atom. The minimum absolute atomic E-state index is 0.0218. The summed E-state index contributed by atoms with van der Waals surface area (Å²) in [4.78, 5) is 31.6. The second kappa shape index (κ2) is 7.72. The van der Waals surface area contributed by atoms with Gasteiger partial charge >= 0.3 is 5.97 Å². The number of ether oxygens (including phenoxy) is 1. The average molecular weight is 282 g/mol. The van der Waals surface area contributed by atoms with E-state index < -0.39 is 16.8 Å². The largest absolute Gasteiger partial charge is 0.484 e. The predicted molar refractivity (Wildman–Crippen MR) is 68.5 cm³/mol. The van der Waals surface area contributed by atoms with E-state index in [-0.39, 0.29) is 31.0 Å². The Bertz CT molecular complexity index is 502. The van der Waals surface area contributed by atoms with E-state index in [0.717, 1.165) is 0 Å². The molecule has 0 heterocycles. The second-order valence-electron chi connectivity index (χ2n) is 3.89. The molecule has 0 bridgehead atoms. The lowest BCUT2D eigenvalue weighted by Gasteiger charge is -2.06. The number of rotatable bonds is 8. The monoisotopic (exact) mass is 282 g/mol. The van der Waals surface area contributed by atoms with Crippen LogP contribution in [0.1, 0.15) is 12.8 Å². The Kier molecular flexibility index (Phi) is 5.95. The number of benzene rings is 1. The van der Waals surface area contributed by atoms with Gasteiger partial charge in [0.2, 0.25) is 0 Å². The quantitative estimate of drug-likeness (QED) is 0.416. The molecule has 0 aliphatic heterocycles. The van der Waals surface area contributed by atoms with Gasteiger partial charge in [0.05, 0.1) is 11.0 Å². The van der Waals surface area contributed by atoms with Crippen LogP contribution in [-0.4, -0.2) is 35.1 Å². The first kappa shape index (κ1) is 15.4. The van der Waals surface area contributed by atoms with Crippen LogP contribution in [0.4, 0.5) is 5.69 Å².